The van der Waals surface area contributed by atoms with Crippen molar-refractivity contribution in [1.82, 2.24) is 9.80 Å². The molecule has 6 rings (SSSR count). The lowest BCUT2D eigenvalue weighted by Crippen LogP contribution is -2.52. The van der Waals surface area contributed by atoms with Gasteiger partial charge in [0.05, 0.1) is 0 Å². The Hall–Kier alpha value is -1.81. The zero-order valence-corrected chi connectivity index (χ0v) is 22.2. The quantitative estimate of drug-likeness (QED) is 0.466. The first-order valence-electron chi connectivity index (χ1n) is 14.2. The largest absolute Gasteiger partial charge is 0.446 e. The number of nitrogens with zero attached hydrogens (tertiary/aromatic N) is 2. The fourth-order valence-corrected chi connectivity index (χ4v) is 9.68. The number of hydrogen-bond donors (Lipinski definition) is 0. The van der Waals surface area contributed by atoms with E-state index in [2.05, 4.69) is 44.0 Å². The lowest BCUT2D eigenvalue weighted by molar-refractivity contribution is -0.0502. The van der Waals surface area contributed by atoms with Crippen molar-refractivity contribution >= 4 is 6.09 Å². The van der Waals surface area contributed by atoms with Crippen molar-refractivity contribution < 1.29 is 9.53 Å². The van der Waals surface area contributed by atoms with Crippen LogP contribution in [0.3, 0.4) is 0 Å². The van der Waals surface area contributed by atoms with Gasteiger partial charge in [-0.1, -0.05) is 48.9 Å². The van der Waals surface area contributed by atoms with Crippen LogP contribution in [0.2, 0.25) is 0 Å². The Morgan fingerprint density at radius 2 is 1.86 bits per heavy atom. The molecule has 0 aromatic heterocycles. The number of fused-ring (bicyclic) bond motifs is 4. The van der Waals surface area contributed by atoms with Gasteiger partial charge in [0.1, 0.15) is 6.10 Å². The number of likely N-dealkylation sites (tertiary alicyclic amines) is 1. The molecule has 1 heterocycles. The second-order valence-corrected chi connectivity index (χ2v) is 13.0. The number of carbonyl (C=O) groups excluding carboxylic acids is 1. The molecule has 1 amide bonds. The van der Waals surface area contributed by atoms with E-state index < -0.39 is 0 Å². The summed E-state index contributed by atoms with van der Waals surface area (Å²) in [6.45, 7) is 6.96. The molecule has 1 saturated heterocycles. The zero-order chi connectivity index (χ0) is 24.4. The van der Waals surface area contributed by atoms with Gasteiger partial charge in [0.15, 0.2) is 0 Å². The molecule has 0 radical (unpaired) electrons. The van der Waals surface area contributed by atoms with E-state index in [1.807, 2.05) is 25.2 Å². The summed E-state index contributed by atoms with van der Waals surface area (Å²) in [7, 11) is 4.21. The molecule has 3 saturated carbocycles. The highest BCUT2D eigenvalue weighted by Crippen LogP contribution is 2.68. The van der Waals surface area contributed by atoms with Gasteiger partial charge in [-0.25, -0.2) is 4.79 Å². The maximum absolute atomic E-state index is 12.8. The van der Waals surface area contributed by atoms with Crippen LogP contribution in [0.5, 0.6) is 0 Å². The highest BCUT2D eigenvalue weighted by atomic mass is 16.6. The lowest BCUT2D eigenvalue weighted by Gasteiger charge is -2.58. The first-order valence-corrected chi connectivity index (χ1v) is 14.2. The first-order chi connectivity index (χ1) is 16.8. The highest BCUT2D eigenvalue weighted by molar-refractivity contribution is 5.67. The molecule has 4 nitrogen and oxygen atoms in total. The van der Waals surface area contributed by atoms with E-state index >= 15 is 0 Å². The van der Waals surface area contributed by atoms with Crippen molar-refractivity contribution in [2.75, 3.05) is 20.6 Å². The zero-order valence-electron chi connectivity index (χ0n) is 22.2. The molecule has 5 aliphatic rings. The van der Waals surface area contributed by atoms with E-state index in [-0.39, 0.29) is 12.2 Å². The average molecular weight is 477 g/mol. The van der Waals surface area contributed by atoms with Crippen LogP contribution in [0.25, 0.3) is 0 Å². The summed E-state index contributed by atoms with van der Waals surface area (Å²) in [6, 6.07) is 10.9. The van der Waals surface area contributed by atoms with E-state index in [0.29, 0.717) is 17.4 Å². The molecule has 1 aliphatic heterocycles. The highest BCUT2D eigenvalue weighted by Gasteiger charge is 2.64. The van der Waals surface area contributed by atoms with Crippen molar-refractivity contribution in [3.05, 3.63) is 47.5 Å². The third kappa shape index (κ3) is 3.69. The molecule has 35 heavy (non-hydrogen) atoms. The van der Waals surface area contributed by atoms with E-state index in [0.717, 1.165) is 48.1 Å². The maximum Gasteiger partial charge on any atom is 0.410 e. The molecule has 190 valence electrons. The monoisotopic (exact) mass is 476 g/mol. The smallest absolute Gasteiger partial charge is 0.410 e. The molecular weight excluding hydrogens is 432 g/mol. The molecule has 0 bridgehead atoms. The normalized spacial score (nSPS) is 42.3. The Morgan fingerprint density at radius 1 is 1.09 bits per heavy atom. The minimum absolute atomic E-state index is 0.0201. The van der Waals surface area contributed by atoms with Gasteiger partial charge >= 0.3 is 6.09 Å². The lowest BCUT2D eigenvalue weighted by atomic mass is 9.47. The Balaban J connectivity index is 1.13. The summed E-state index contributed by atoms with van der Waals surface area (Å²) in [4.78, 5) is 17.2. The minimum atomic E-state index is -0.187. The van der Waals surface area contributed by atoms with Crippen LogP contribution in [0, 0.1) is 34.5 Å². The molecular formula is C31H44N2O2. The number of benzene rings is 1. The van der Waals surface area contributed by atoms with Gasteiger partial charge < -0.3 is 14.5 Å². The third-order valence-corrected chi connectivity index (χ3v) is 11.5. The molecule has 1 aromatic carbocycles. The van der Waals surface area contributed by atoms with Gasteiger partial charge in [0, 0.05) is 32.6 Å². The molecule has 4 fully saturated rings. The number of carbonyl (C=O) groups is 1. The minimum Gasteiger partial charge on any atom is -0.446 e. The third-order valence-electron chi connectivity index (χ3n) is 11.5. The molecule has 1 spiro atoms. The van der Waals surface area contributed by atoms with Gasteiger partial charge in [-0.3, -0.25) is 0 Å². The second-order valence-electron chi connectivity index (χ2n) is 13.0. The maximum atomic E-state index is 12.8. The fraction of sp³-hybridized carbons (Fsp3) is 0.710. The van der Waals surface area contributed by atoms with Gasteiger partial charge in [-0.15, -0.1) is 0 Å². The van der Waals surface area contributed by atoms with Crippen LogP contribution in [0.4, 0.5) is 4.79 Å². The summed E-state index contributed by atoms with van der Waals surface area (Å²) in [5.41, 5.74) is 3.62. The van der Waals surface area contributed by atoms with E-state index in [1.54, 1.807) is 10.5 Å². The van der Waals surface area contributed by atoms with Crippen LogP contribution in [0.15, 0.2) is 42.0 Å². The second kappa shape index (κ2) is 8.64. The number of hydrogen-bond acceptors (Lipinski definition) is 3. The van der Waals surface area contributed by atoms with Crippen LogP contribution in [-0.4, -0.2) is 48.7 Å². The SMILES string of the molecule is C[C@H]1[C@H]2CCC3[C@@H]4CC=C5C[C@@H](OC(=O)N(C)Cc6ccccc6)CC[C@]5(C)[C@H]4CC[C@@]32CN1C. The van der Waals surface area contributed by atoms with E-state index in [4.69, 9.17) is 4.74 Å². The predicted octanol–water partition coefficient (Wildman–Crippen LogP) is 6.52. The fourth-order valence-electron chi connectivity index (χ4n) is 9.68. The van der Waals surface area contributed by atoms with Gasteiger partial charge in [0.25, 0.3) is 0 Å². The van der Waals surface area contributed by atoms with Crippen LogP contribution in [-0.2, 0) is 11.3 Å². The molecule has 1 aromatic rings. The summed E-state index contributed by atoms with van der Waals surface area (Å²) >= 11 is 0. The number of ether oxygens (including phenoxy) is 1. The van der Waals surface area contributed by atoms with E-state index in [9.17, 15) is 4.79 Å². The predicted molar refractivity (Wildman–Crippen MR) is 140 cm³/mol. The molecule has 8 atom stereocenters. The number of amides is 1. The van der Waals surface area contributed by atoms with Gasteiger partial charge in [0.2, 0.25) is 0 Å². The van der Waals surface area contributed by atoms with Crippen molar-refractivity contribution in [2.24, 2.45) is 34.5 Å². The Labute approximate surface area is 212 Å². The van der Waals surface area contributed by atoms with Gasteiger partial charge in [-0.05, 0) is 99.0 Å². The molecule has 4 aliphatic carbocycles. The van der Waals surface area contributed by atoms with Crippen LogP contribution >= 0.6 is 0 Å². The average Bonchev–Trinajstić information content (AvgIpc) is 3.33. The molecule has 0 N–H and O–H groups in total. The Bertz CT molecular complexity index is 991. The van der Waals surface area contributed by atoms with Crippen LogP contribution < -0.4 is 0 Å². The van der Waals surface area contributed by atoms with Crippen molar-refractivity contribution in [1.29, 1.82) is 0 Å². The number of allylic oxidation sites excluding steroid dienone is 1. The number of rotatable bonds is 3. The van der Waals surface area contributed by atoms with Crippen molar-refractivity contribution in [3.63, 3.8) is 0 Å². The summed E-state index contributed by atoms with van der Waals surface area (Å²) in [6.07, 6.45) is 12.5. The summed E-state index contributed by atoms with van der Waals surface area (Å²) in [5.74, 6) is 3.50. The summed E-state index contributed by atoms with van der Waals surface area (Å²) < 4.78 is 6.04. The first kappa shape index (κ1) is 23.6. The summed E-state index contributed by atoms with van der Waals surface area (Å²) in [5, 5.41) is 0. The standard InChI is InChI=1S/C31H44N2O2/c1-21-26-12-13-28-25-11-10-23-18-24(35-29(34)32(3)19-22-8-6-5-7-9-22)14-16-30(23,2)27(25)15-17-31(26,28)20-33(21)4/h5-10,21,24-28H,11-20H2,1-4H3/t21-,24-,25+,26+,27-,28?,30-,31-/m0/s1. The van der Waals surface area contributed by atoms with Crippen LogP contribution in [0.1, 0.15) is 70.8 Å². The van der Waals surface area contributed by atoms with Crippen molar-refractivity contribution in [3.8, 4) is 0 Å². The molecule has 4 heteroatoms. The Kier molecular flexibility index (Phi) is 5.82. The van der Waals surface area contributed by atoms with Crippen molar-refractivity contribution in [2.45, 2.75) is 83.9 Å². The Morgan fingerprint density at radius 3 is 2.66 bits per heavy atom. The molecule has 1 unspecified atom stereocenters. The topological polar surface area (TPSA) is 32.8 Å². The van der Waals surface area contributed by atoms with E-state index in [1.165, 1.54) is 45.1 Å². The van der Waals surface area contributed by atoms with Gasteiger partial charge in [-0.2, -0.15) is 0 Å².